The van der Waals surface area contributed by atoms with Gasteiger partial charge in [0, 0.05) is 17.7 Å². The Balaban J connectivity index is 1.47. The van der Waals surface area contributed by atoms with Gasteiger partial charge in [0.1, 0.15) is 12.4 Å². The molecule has 1 fully saturated rings. The second kappa shape index (κ2) is 9.65. The SMILES string of the molecule is N#Cc1ccccc1COc1ccc(/C=C2/SC(=S)N(c3cccc([N+](=O)[O-])c3)C2=O)cc1. The number of hydrogen-bond acceptors (Lipinski definition) is 7. The molecule has 0 spiro atoms. The molecular weight excluding hydrogens is 458 g/mol. The van der Waals surface area contributed by atoms with E-state index in [1.807, 2.05) is 24.3 Å². The normalized spacial score (nSPS) is 14.4. The summed E-state index contributed by atoms with van der Waals surface area (Å²) < 4.78 is 6.08. The first-order valence-electron chi connectivity index (χ1n) is 9.69. The molecule has 0 bridgehead atoms. The third-order valence-corrected chi connectivity index (χ3v) is 6.10. The fourth-order valence-corrected chi connectivity index (χ4v) is 4.46. The summed E-state index contributed by atoms with van der Waals surface area (Å²) in [5.41, 5.74) is 2.39. The lowest BCUT2D eigenvalue weighted by Crippen LogP contribution is -2.27. The van der Waals surface area contributed by atoms with Crippen LogP contribution in [-0.4, -0.2) is 15.2 Å². The lowest BCUT2D eigenvalue weighted by atomic mass is 10.1. The smallest absolute Gasteiger partial charge is 0.271 e. The molecule has 0 N–H and O–H groups in total. The zero-order valence-corrected chi connectivity index (χ0v) is 18.6. The summed E-state index contributed by atoms with van der Waals surface area (Å²) in [6, 6.07) is 22.4. The van der Waals surface area contributed by atoms with Crippen molar-refractivity contribution in [3.63, 3.8) is 0 Å². The van der Waals surface area contributed by atoms with Crippen LogP contribution in [0.5, 0.6) is 5.75 Å². The van der Waals surface area contributed by atoms with Crippen molar-refractivity contribution < 1.29 is 14.5 Å². The van der Waals surface area contributed by atoms with Crippen molar-refractivity contribution in [1.82, 2.24) is 0 Å². The fourth-order valence-electron chi connectivity index (χ4n) is 3.16. The summed E-state index contributed by atoms with van der Waals surface area (Å²) >= 11 is 6.48. The van der Waals surface area contributed by atoms with Crippen molar-refractivity contribution in [1.29, 1.82) is 5.26 Å². The molecule has 0 aliphatic carbocycles. The van der Waals surface area contributed by atoms with Crippen molar-refractivity contribution in [2.24, 2.45) is 0 Å². The molecule has 4 rings (SSSR count). The van der Waals surface area contributed by atoms with Gasteiger partial charge >= 0.3 is 0 Å². The summed E-state index contributed by atoms with van der Waals surface area (Å²) in [7, 11) is 0. The van der Waals surface area contributed by atoms with E-state index in [2.05, 4.69) is 6.07 Å². The maximum atomic E-state index is 12.9. The first-order chi connectivity index (χ1) is 16.0. The van der Waals surface area contributed by atoms with E-state index in [9.17, 15) is 20.2 Å². The van der Waals surface area contributed by atoms with Gasteiger partial charge in [0.15, 0.2) is 4.32 Å². The standard InChI is InChI=1S/C24H15N3O4S2/c25-14-17-4-1-2-5-18(17)15-31-21-10-8-16(9-11-21)12-22-23(28)26(24(32)33-22)19-6-3-7-20(13-19)27(29)30/h1-13H,15H2/b22-12+. The van der Waals surface area contributed by atoms with Gasteiger partial charge in [-0.1, -0.05) is 60.4 Å². The highest BCUT2D eigenvalue weighted by Gasteiger charge is 2.33. The molecule has 162 valence electrons. The van der Waals surface area contributed by atoms with Crippen LogP contribution < -0.4 is 9.64 Å². The van der Waals surface area contributed by atoms with Crippen molar-refractivity contribution in [3.8, 4) is 11.8 Å². The van der Waals surface area contributed by atoms with Gasteiger partial charge < -0.3 is 4.74 Å². The number of thiocarbonyl (C=S) groups is 1. The van der Waals surface area contributed by atoms with Crippen LogP contribution in [0.15, 0.2) is 77.7 Å². The predicted molar refractivity (Wildman–Crippen MR) is 131 cm³/mol. The second-order valence-electron chi connectivity index (χ2n) is 6.92. The number of hydrogen-bond donors (Lipinski definition) is 0. The van der Waals surface area contributed by atoms with E-state index < -0.39 is 4.92 Å². The summed E-state index contributed by atoms with van der Waals surface area (Å²) in [6.45, 7) is 0.269. The zero-order chi connectivity index (χ0) is 23.4. The minimum atomic E-state index is -0.514. The van der Waals surface area contributed by atoms with Gasteiger partial charge in [-0.05, 0) is 35.9 Å². The molecule has 1 aliphatic heterocycles. The van der Waals surface area contributed by atoms with E-state index in [1.54, 1.807) is 36.4 Å². The minimum Gasteiger partial charge on any atom is -0.489 e. The number of rotatable bonds is 6. The minimum absolute atomic E-state index is 0.112. The van der Waals surface area contributed by atoms with Crippen LogP contribution >= 0.6 is 24.0 Å². The summed E-state index contributed by atoms with van der Waals surface area (Å²) in [4.78, 5) is 25.2. The molecule has 0 saturated carbocycles. The molecule has 1 aliphatic rings. The molecular formula is C24H15N3O4S2. The first kappa shape index (κ1) is 22.2. The van der Waals surface area contributed by atoms with Crippen LogP contribution in [-0.2, 0) is 11.4 Å². The number of nitriles is 1. The van der Waals surface area contributed by atoms with Gasteiger partial charge in [-0.3, -0.25) is 19.8 Å². The zero-order valence-electron chi connectivity index (χ0n) is 17.0. The van der Waals surface area contributed by atoms with E-state index in [-0.39, 0.29) is 18.2 Å². The van der Waals surface area contributed by atoms with Crippen LogP contribution in [0.4, 0.5) is 11.4 Å². The molecule has 0 radical (unpaired) electrons. The number of nitrogens with zero attached hydrogens (tertiary/aromatic N) is 3. The number of anilines is 1. The molecule has 1 saturated heterocycles. The van der Waals surface area contributed by atoms with Crippen LogP contribution in [0.25, 0.3) is 6.08 Å². The number of amides is 1. The molecule has 0 atom stereocenters. The molecule has 0 aromatic heterocycles. The van der Waals surface area contributed by atoms with E-state index in [4.69, 9.17) is 17.0 Å². The Labute approximate surface area is 199 Å². The Bertz CT molecular complexity index is 1330. The van der Waals surface area contributed by atoms with Gasteiger partial charge in [-0.15, -0.1) is 0 Å². The van der Waals surface area contributed by atoms with Gasteiger partial charge in [0.05, 0.1) is 27.1 Å². The first-order valence-corrected chi connectivity index (χ1v) is 10.9. The number of ether oxygens (including phenoxy) is 1. The van der Waals surface area contributed by atoms with E-state index in [0.717, 1.165) is 22.9 Å². The number of non-ortho nitro benzene ring substituents is 1. The molecule has 7 nitrogen and oxygen atoms in total. The van der Waals surface area contributed by atoms with Crippen LogP contribution in [0.3, 0.4) is 0 Å². The average Bonchev–Trinajstić information content (AvgIpc) is 3.11. The summed E-state index contributed by atoms with van der Waals surface area (Å²) in [5, 5.41) is 20.2. The molecule has 3 aromatic carbocycles. The number of carbonyl (C=O) groups excluding carboxylic acids is 1. The maximum Gasteiger partial charge on any atom is 0.271 e. The molecule has 1 heterocycles. The molecule has 33 heavy (non-hydrogen) atoms. The highest BCUT2D eigenvalue weighted by atomic mass is 32.2. The van der Waals surface area contributed by atoms with Crippen molar-refractivity contribution >= 4 is 51.7 Å². The topological polar surface area (TPSA) is 96.5 Å². The predicted octanol–water partition coefficient (Wildman–Crippen LogP) is 5.45. The Morgan fingerprint density at radius 2 is 1.88 bits per heavy atom. The number of carbonyl (C=O) groups is 1. The monoisotopic (exact) mass is 473 g/mol. The van der Waals surface area contributed by atoms with Crippen molar-refractivity contribution in [2.45, 2.75) is 6.61 Å². The van der Waals surface area contributed by atoms with Crippen LogP contribution in [0, 0.1) is 21.4 Å². The van der Waals surface area contributed by atoms with Gasteiger partial charge in [0.2, 0.25) is 0 Å². The van der Waals surface area contributed by atoms with Gasteiger partial charge in [0.25, 0.3) is 11.6 Å². The Morgan fingerprint density at radius 1 is 1.12 bits per heavy atom. The van der Waals surface area contributed by atoms with Crippen LogP contribution in [0.1, 0.15) is 16.7 Å². The third-order valence-electron chi connectivity index (χ3n) is 4.80. The lowest BCUT2D eigenvalue weighted by Gasteiger charge is -2.13. The fraction of sp³-hybridized carbons (Fsp3) is 0.0417. The average molecular weight is 474 g/mol. The Kier molecular flexibility index (Phi) is 6.49. The number of nitro benzene ring substituents is 1. The van der Waals surface area contributed by atoms with Crippen molar-refractivity contribution in [3.05, 3.63) is 105 Å². The molecule has 1 amide bonds. The van der Waals surface area contributed by atoms with Gasteiger partial charge in [-0.2, -0.15) is 5.26 Å². The van der Waals surface area contributed by atoms with E-state index in [1.165, 1.54) is 23.1 Å². The Hall–Kier alpha value is -4.00. The van der Waals surface area contributed by atoms with Crippen molar-refractivity contribution in [2.75, 3.05) is 4.90 Å². The largest absolute Gasteiger partial charge is 0.489 e. The summed E-state index contributed by atoms with van der Waals surface area (Å²) in [5.74, 6) is 0.294. The second-order valence-corrected chi connectivity index (χ2v) is 8.60. The molecule has 9 heteroatoms. The van der Waals surface area contributed by atoms with E-state index in [0.29, 0.717) is 26.2 Å². The number of nitro groups is 1. The van der Waals surface area contributed by atoms with Crippen LogP contribution in [0.2, 0.25) is 0 Å². The van der Waals surface area contributed by atoms with Gasteiger partial charge in [-0.25, -0.2) is 0 Å². The number of thioether (sulfide) groups is 1. The third kappa shape index (κ3) is 4.92. The highest BCUT2D eigenvalue weighted by molar-refractivity contribution is 8.27. The Morgan fingerprint density at radius 3 is 2.61 bits per heavy atom. The maximum absolute atomic E-state index is 12.9. The molecule has 0 unspecified atom stereocenters. The lowest BCUT2D eigenvalue weighted by molar-refractivity contribution is -0.384. The number of benzene rings is 3. The van der Waals surface area contributed by atoms with E-state index >= 15 is 0 Å². The highest BCUT2D eigenvalue weighted by Crippen LogP contribution is 2.37. The summed E-state index contributed by atoms with van der Waals surface area (Å²) in [6.07, 6.45) is 1.71. The molecule has 3 aromatic rings. The quantitative estimate of drug-likeness (QED) is 0.203.